The molecule has 7 rings (SSSR count). The van der Waals surface area contributed by atoms with Crippen LogP contribution in [0.15, 0.2) is 71.8 Å². The van der Waals surface area contributed by atoms with Crippen LogP contribution in [0, 0.1) is 41.5 Å². The molecule has 0 fully saturated rings. The second kappa shape index (κ2) is 13.6. The van der Waals surface area contributed by atoms with Crippen LogP contribution < -0.4 is 4.90 Å². The first kappa shape index (κ1) is 39.8. The zero-order valence-electron chi connectivity index (χ0n) is 36.7. The number of nitrogens with zero attached hydrogens (tertiary/aromatic N) is 3. The van der Waals surface area contributed by atoms with Crippen molar-refractivity contribution in [1.29, 1.82) is 0 Å². The molecule has 0 N–H and O–H groups in total. The van der Waals surface area contributed by atoms with Crippen LogP contribution in [0.5, 0.6) is 0 Å². The predicted octanol–water partition coefficient (Wildman–Crippen LogP) is 14.9. The number of hydrogen-bond donors (Lipinski definition) is 1. The molecule has 0 bridgehead atoms. The second-order valence-electron chi connectivity index (χ2n) is 19.5. The minimum Gasteiger partial charge on any atom is -0.294 e. The van der Waals surface area contributed by atoms with Gasteiger partial charge in [-0.3, -0.25) is 4.90 Å². The summed E-state index contributed by atoms with van der Waals surface area (Å²) in [6, 6.07) is 23.2. The molecule has 0 atom stereocenters. The summed E-state index contributed by atoms with van der Waals surface area (Å²) in [5.41, 5.74) is 21.9. The summed E-state index contributed by atoms with van der Waals surface area (Å²) in [4.78, 5) is 14.1. The molecule has 0 aliphatic carbocycles. The lowest BCUT2D eigenvalue weighted by molar-refractivity contribution is 0.569. The molecule has 0 unspecified atom stereocenters. The monoisotopic (exact) mass is 759 g/mol. The zero-order valence-corrected chi connectivity index (χ0v) is 37.6. The van der Waals surface area contributed by atoms with E-state index in [1.807, 2.05) is 6.20 Å². The molecule has 4 aromatic carbocycles. The molecule has 3 nitrogen and oxygen atoms in total. The number of benzene rings is 4. The molecule has 0 saturated carbocycles. The quantitative estimate of drug-likeness (QED) is 0.182. The Morgan fingerprint density at radius 2 is 1.38 bits per heavy atom. The van der Waals surface area contributed by atoms with Crippen LogP contribution >= 0.6 is 12.6 Å². The van der Waals surface area contributed by atoms with Crippen molar-refractivity contribution >= 4 is 40.7 Å². The van der Waals surface area contributed by atoms with Gasteiger partial charge >= 0.3 is 0 Å². The van der Waals surface area contributed by atoms with E-state index >= 15 is 0 Å². The molecular formula is C52H61N3S. The normalized spacial score (nSPS) is 14.1. The fraction of sp³-hybridized carbons (Fsp3) is 0.385. The van der Waals surface area contributed by atoms with Gasteiger partial charge in [0.05, 0.1) is 22.6 Å². The van der Waals surface area contributed by atoms with E-state index in [1.54, 1.807) is 0 Å². The molecule has 1 aliphatic rings. The number of anilines is 3. The highest BCUT2D eigenvalue weighted by molar-refractivity contribution is 7.80. The second-order valence-corrected chi connectivity index (χ2v) is 20.0. The fourth-order valence-electron chi connectivity index (χ4n) is 9.97. The predicted molar refractivity (Wildman–Crippen MR) is 244 cm³/mol. The highest BCUT2D eigenvalue weighted by Crippen LogP contribution is 2.55. The molecule has 56 heavy (non-hydrogen) atoms. The topological polar surface area (TPSA) is 29.0 Å². The molecular weight excluding hydrogens is 699 g/mol. The third-order valence-electron chi connectivity index (χ3n) is 12.3. The Kier molecular flexibility index (Phi) is 9.68. The third kappa shape index (κ3) is 6.46. The van der Waals surface area contributed by atoms with Gasteiger partial charge in [0.25, 0.3) is 0 Å². The zero-order chi connectivity index (χ0) is 41.0. The molecule has 0 radical (unpaired) electrons. The first-order valence-electron chi connectivity index (χ1n) is 20.3. The van der Waals surface area contributed by atoms with Gasteiger partial charge in [-0.25, -0.2) is 9.97 Å². The Bertz CT molecular complexity index is 2550. The highest BCUT2D eigenvalue weighted by Gasteiger charge is 2.41. The van der Waals surface area contributed by atoms with E-state index in [9.17, 15) is 0 Å². The number of hydrogen-bond acceptors (Lipinski definition) is 4. The van der Waals surface area contributed by atoms with Crippen molar-refractivity contribution < 1.29 is 0 Å². The molecule has 6 aromatic rings. The maximum atomic E-state index is 5.58. The smallest absolute Gasteiger partial charge is 0.137 e. The summed E-state index contributed by atoms with van der Waals surface area (Å²) in [5.74, 6) is 1.23. The van der Waals surface area contributed by atoms with Gasteiger partial charge in [-0.1, -0.05) is 99.1 Å². The van der Waals surface area contributed by atoms with Gasteiger partial charge in [-0.05, 0) is 161 Å². The van der Waals surface area contributed by atoms with E-state index in [0.717, 1.165) is 44.1 Å². The summed E-state index contributed by atoms with van der Waals surface area (Å²) in [6.45, 7) is 36.6. The molecule has 1 aliphatic heterocycles. The molecule has 2 aromatic heterocycles. The van der Waals surface area contributed by atoms with Gasteiger partial charge in [0.2, 0.25) is 0 Å². The molecule has 0 saturated heterocycles. The Balaban J connectivity index is 1.52. The SMILES string of the molecule is Cc1cc(C)c(-c2cc(C(C)C)c(S)c3nc(-c4ccc5c(c4)N(c4cc(C(C)(C)C)ccn4)c4cc(C)c(C(C)(C)C)c(C)c4C5(C)C)c(C)cc23)c(C)c1. The van der Waals surface area contributed by atoms with Crippen LogP contribution in [0.3, 0.4) is 0 Å². The van der Waals surface area contributed by atoms with E-state index in [2.05, 4.69) is 176 Å². The van der Waals surface area contributed by atoms with E-state index < -0.39 is 0 Å². The maximum absolute atomic E-state index is 5.58. The van der Waals surface area contributed by atoms with Crippen molar-refractivity contribution in [3.8, 4) is 22.4 Å². The van der Waals surface area contributed by atoms with Crippen molar-refractivity contribution in [2.75, 3.05) is 4.90 Å². The summed E-state index contributed by atoms with van der Waals surface area (Å²) in [7, 11) is 0. The molecule has 290 valence electrons. The summed E-state index contributed by atoms with van der Waals surface area (Å²) >= 11 is 5.22. The number of fused-ring (bicyclic) bond motifs is 3. The van der Waals surface area contributed by atoms with E-state index in [1.165, 1.54) is 72.4 Å². The van der Waals surface area contributed by atoms with Crippen molar-refractivity contribution in [2.45, 2.75) is 138 Å². The van der Waals surface area contributed by atoms with Gasteiger partial charge in [-0.2, -0.15) is 0 Å². The van der Waals surface area contributed by atoms with Crippen LogP contribution in [0.1, 0.15) is 136 Å². The number of pyridine rings is 2. The van der Waals surface area contributed by atoms with Crippen molar-refractivity contribution in [3.05, 3.63) is 128 Å². The van der Waals surface area contributed by atoms with Gasteiger partial charge in [-0.15, -0.1) is 12.6 Å². The maximum Gasteiger partial charge on any atom is 0.137 e. The average molecular weight is 760 g/mol. The van der Waals surface area contributed by atoms with Gasteiger partial charge in [0.15, 0.2) is 0 Å². The standard InChI is InChI=1S/C52H61N3S/c1-28(2)37-27-38(44-30(4)21-29(3)22-31(44)5)39-23-33(7)47(54-48(39)49(37)56)35-17-18-40-41(25-35)55(43-26-36(19-20-53-43)50(9,10)11)42-24-32(6)45(51(12,13)14)34(8)46(42)52(40,15)16/h17-28,56H,1-16H3. The number of aromatic nitrogens is 2. The molecule has 0 spiro atoms. The average Bonchev–Trinajstić information content (AvgIpc) is 3.07. The van der Waals surface area contributed by atoms with Crippen LogP contribution in [-0.4, -0.2) is 9.97 Å². The van der Waals surface area contributed by atoms with Crippen LogP contribution in [0.4, 0.5) is 17.2 Å². The van der Waals surface area contributed by atoms with E-state index in [-0.39, 0.29) is 16.2 Å². The minimum absolute atomic E-state index is 0.00984. The van der Waals surface area contributed by atoms with Crippen LogP contribution in [0.25, 0.3) is 33.3 Å². The lowest BCUT2D eigenvalue weighted by atomic mass is 9.68. The van der Waals surface area contributed by atoms with Crippen molar-refractivity contribution in [2.24, 2.45) is 0 Å². The summed E-state index contributed by atoms with van der Waals surface area (Å²) < 4.78 is 0. The fourth-order valence-corrected chi connectivity index (χ4v) is 10.5. The van der Waals surface area contributed by atoms with Crippen LogP contribution in [-0.2, 0) is 16.2 Å². The minimum atomic E-state index is -0.256. The van der Waals surface area contributed by atoms with Gasteiger partial charge < -0.3 is 0 Å². The van der Waals surface area contributed by atoms with Gasteiger partial charge in [0.1, 0.15) is 5.82 Å². The summed E-state index contributed by atoms with van der Waals surface area (Å²) in [6.07, 6.45) is 1.98. The molecule has 3 heterocycles. The molecule has 0 amide bonds. The molecule has 4 heteroatoms. The lowest BCUT2D eigenvalue weighted by Gasteiger charge is -2.44. The Hall–Kier alpha value is -4.41. The first-order chi connectivity index (χ1) is 26.0. The number of thiol groups is 1. The first-order valence-corrected chi connectivity index (χ1v) is 20.8. The highest BCUT2D eigenvalue weighted by atomic mass is 32.1. The van der Waals surface area contributed by atoms with Crippen molar-refractivity contribution in [1.82, 2.24) is 9.97 Å². The Morgan fingerprint density at radius 1 is 0.714 bits per heavy atom. The third-order valence-corrected chi connectivity index (χ3v) is 12.7. The van der Waals surface area contributed by atoms with Gasteiger partial charge in [0, 0.05) is 27.5 Å². The Morgan fingerprint density at radius 3 is 1.98 bits per heavy atom. The van der Waals surface area contributed by atoms with Crippen molar-refractivity contribution in [3.63, 3.8) is 0 Å². The van der Waals surface area contributed by atoms with E-state index in [0.29, 0.717) is 5.92 Å². The number of aryl methyl sites for hydroxylation is 5. The number of rotatable bonds is 4. The summed E-state index contributed by atoms with van der Waals surface area (Å²) in [5, 5.41) is 1.15. The van der Waals surface area contributed by atoms with E-state index in [4.69, 9.17) is 22.6 Å². The van der Waals surface area contributed by atoms with Crippen LogP contribution in [0.2, 0.25) is 0 Å². The largest absolute Gasteiger partial charge is 0.294 e. The lowest BCUT2D eigenvalue weighted by Crippen LogP contribution is -2.33. The Labute approximate surface area is 342 Å².